The minimum Gasteiger partial charge on any atom is -0.497 e. The third-order valence-corrected chi connectivity index (χ3v) is 4.34. The number of anilines is 1. The Kier molecular flexibility index (Phi) is 4.64. The lowest BCUT2D eigenvalue weighted by molar-refractivity contribution is -0.119. The normalized spacial score (nSPS) is 20.0. The summed E-state index contributed by atoms with van der Waals surface area (Å²) in [5.41, 5.74) is 1.18. The highest BCUT2D eigenvalue weighted by atomic mass is 16.5. The highest BCUT2D eigenvalue weighted by Gasteiger charge is 2.35. The smallest absolute Gasteiger partial charge is 0.217 e. The molecule has 0 spiro atoms. The van der Waals surface area contributed by atoms with Gasteiger partial charge in [0.1, 0.15) is 17.4 Å². The second-order valence-electron chi connectivity index (χ2n) is 6.05. The SMILES string of the molecule is COc1ccc([C@@H]2CN(c3ccnc(C)n3)C[C@H]2NC(C)=O)cc1. The molecule has 0 bridgehead atoms. The van der Waals surface area contributed by atoms with Crippen molar-refractivity contribution in [2.45, 2.75) is 25.8 Å². The molecular formula is C18H22N4O2. The number of nitrogens with one attached hydrogen (secondary N) is 1. The van der Waals surface area contributed by atoms with Gasteiger partial charge >= 0.3 is 0 Å². The minimum atomic E-state index is -0.0146. The Balaban J connectivity index is 1.86. The van der Waals surface area contributed by atoms with Gasteiger partial charge in [-0.15, -0.1) is 0 Å². The molecule has 1 aromatic heterocycles. The quantitative estimate of drug-likeness (QED) is 0.929. The fourth-order valence-corrected chi connectivity index (χ4v) is 3.21. The van der Waals surface area contributed by atoms with Crippen molar-refractivity contribution in [2.75, 3.05) is 25.1 Å². The number of aryl methyl sites for hydroxylation is 1. The van der Waals surface area contributed by atoms with Crippen LogP contribution in [0.4, 0.5) is 5.82 Å². The van der Waals surface area contributed by atoms with Crippen LogP contribution in [0.1, 0.15) is 24.2 Å². The van der Waals surface area contributed by atoms with E-state index in [2.05, 4.69) is 32.3 Å². The first-order valence-corrected chi connectivity index (χ1v) is 8.02. The topological polar surface area (TPSA) is 67.3 Å². The van der Waals surface area contributed by atoms with E-state index >= 15 is 0 Å². The molecule has 24 heavy (non-hydrogen) atoms. The van der Waals surface area contributed by atoms with Gasteiger partial charge in [0.2, 0.25) is 5.91 Å². The lowest BCUT2D eigenvalue weighted by Crippen LogP contribution is -2.38. The van der Waals surface area contributed by atoms with Crippen molar-refractivity contribution in [2.24, 2.45) is 0 Å². The number of carbonyl (C=O) groups is 1. The zero-order chi connectivity index (χ0) is 17.1. The van der Waals surface area contributed by atoms with Crippen molar-refractivity contribution < 1.29 is 9.53 Å². The lowest BCUT2D eigenvalue weighted by Gasteiger charge is -2.19. The molecule has 0 saturated carbocycles. The molecule has 0 unspecified atom stereocenters. The van der Waals surface area contributed by atoms with Gasteiger partial charge < -0.3 is 15.0 Å². The van der Waals surface area contributed by atoms with E-state index in [9.17, 15) is 4.79 Å². The Bertz CT molecular complexity index is 717. The molecule has 2 atom stereocenters. The maximum atomic E-state index is 11.6. The van der Waals surface area contributed by atoms with Crippen LogP contribution in [0.3, 0.4) is 0 Å². The van der Waals surface area contributed by atoms with Crippen molar-refractivity contribution in [3.8, 4) is 5.75 Å². The number of amides is 1. The first-order chi connectivity index (χ1) is 11.6. The average molecular weight is 326 g/mol. The summed E-state index contributed by atoms with van der Waals surface area (Å²) in [6.07, 6.45) is 1.77. The van der Waals surface area contributed by atoms with Crippen molar-refractivity contribution in [1.29, 1.82) is 0 Å². The number of hydrogen-bond acceptors (Lipinski definition) is 5. The molecule has 0 radical (unpaired) electrons. The van der Waals surface area contributed by atoms with Crippen molar-refractivity contribution in [3.63, 3.8) is 0 Å². The molecule has 1 fully saturated rings. The molecule has 2 heterocycles. The Morgan fingerprint density at radius 2 is 2.00 bits per heavy atom. The number of aromatic nitrogens is 2. The summed E-state index contributed by atoms with van der Waals surface area (Å²) >= 11 is 0. The molecule has 6 nitrogen and oxygen atoms in total. The fraction of sp³-hybridized carbons (Fsp3) is 0.389. The number of hydrogen-bond donors (Lipinski definition) is 1. The van der Waals surface area contributed by atoms with Gasteiger partial charge in [0.15, 0.2) is 0 Å². The molecule has 3 rings (SSSR count). The highest BCUT2D eigenvalue weighted by Crippen LogP contribution is 2.31. The molecule has 1 aliphatic rings. The van der Waals surface area contributed by atoms with Crippen LogP contribution in [0.15, 0.2) is 36.5 Å². The predicted octanol–water partition coefficient (Wildman–Crippen LogP) is 1.90. The summed E-state index contributed by atoms with van der Waals surface area (Å²) in [6.45, 7) is 4.97. The summed E-state index contributed by atoms with van der Waals surface area (Å²) in [7, 11) is 1.66. The number of carbonyl (C=O) groups excluding carboxylic acids is 1. The third kappa shape index (κ3) is 3.48. The largest absolute Gasteiger partial charge is 0.497 e. The molecule has 2 aromatic rings. The maximum Gasteiger partial charge on any atom is 0.217 e. The molecule has 6 heteroatoms. The van der Waals surface area contributed by atoms with Gasteiger partial charge in [-0.25, -0.2) is 9.97 Å². The van der Waals surface area contributed by atoms with Crippen LogP contribution in [0.2, 0.25) is 0 Å². The van der Waals surface area contributed by atoms with Gasteiger partial charge in [-0.2, -0.15) is 0 Å². The average Bonchev–Trinajstić information content (AvgIpc) is 2.98. The first kappa shape index (κ1) is 16.2. The van der Waals surface area contributed by atoms with Crippen LogP contribution in [0, 0.1) is 6.92 Å². The second kappa shape index (κ2) is 6.86. The minimum absolute atomic E-state index is 0.0146. The summed E-state index contributed by atoms with van der Waals surface area (Å²) < 4.78 is 5.23. The second-order valence-corrected chi connectivity index (χ2v) is 6.05. The zero-order valence-electron chi connectivity index (χ0n) is 14.2. The van der Waals surface area contributed by atoms with E-state index in [1.54, 1.807) is 20.2 Å². The van der Waals surface area contributed by atoms with Crippen LogP contribution in [-0.4, -0.2) is 42.1 Å². The van der Waals surface area contributed by atoms with Crippen LogP contribution in [0.25, 0.3) is 0 Å². The van der Waals surface area contributed by atoms with Gasteiger partial charge in [-0.05, 0) is 30.7 Å². The van der Waals surface area contributed by atoms with E-state index in [1.807, 2.05) is 25.1 Å². The van der Waals surface area contributed by atoms with Crippen molar-refractivity contribution >= 4 is 11.7 Å². The first-order valence-electron chi connectivity index (χ1n) is 8.02. The predicted molar refractivity (Wildman–Crippen MR) is 92.3 cm³/mol. The van der Waals surface area contributed by atoms with Crippen LogP contribution < -0.4 is 15.0 Å². The van der Waals surface area contributed by atoms with Crippen LogP contribution >= 0.6 is 0 Å². The Hall–Kier alpha value is -2.63. The molecule has 1 amide bonds. The third-order valence-electron chi connectivity index (χ3n) is 4.34. The number of nitrogens with zero attached hydrogens (tertiary/aromatic N) is 3. The van der Waals surface area contributed by atoms with E-state index in [0.717, 1.165) is 30.5 Å². The van der Waals surface area contributed by atoms with Gasteiger partial charge in [-0.1, -0.05) is 12.1 Å². The van der Waals surface area contributed by atoms with Gasteiger partial charge in [-0.3, -0.25) is 4.79 Å². The number of rotatable bonds is 4. The lowest BCUT2D eigenvalue weighted by atomic mass is 9.94. The van der Waals surface area contributed by atoms with E-state index < -0.39 is 0 Å². The number of benzene rings is 1. The molecule has 1 N–H and O–H groups in total. The van der Waals surface area contributed by atoms with Gasteiger partial charge in [0.05, 0.1) is 13.2 Å². The standard InChI is InChI=1S/C18H22N4O2/c1-12-19-9-8-18(20-12)22-10-16(17(11-22)21-13(2)23)14-4-6-15(24-3)7-5-14/h4-9,16-17H,10-11H2,1-3H3,(H,21,23)/t16-,17+/m0/s1. The molecule has 1 aromatic carbocycles. The molecule has 0 aliphatic carbocycles. The van der Waals surface area contributed by atoms with Crippen molar-refractivity contribution in [3.05, 3.63) is 47.9 Å². The summed E-state index contributed by atoms with van der Waals surface area (Å²) in [5, 5.41) is 3.08. The van der Waals surface area contributed by atoms with E-state index in [4.69, 9.17) is 4.74 Å². The van der Waals surface area contributed by atoms with Gasteiger partial charge in [0.25, 0.3) is 0 Å². The van der Waals surface area contributed by atoms with E-state index in [-0.39, 0.29) is 17.9 Å². The fourth-order valence-electron chi connectivity index (χ4n) is 3.21. The summed E-state index contributed by atoms with van der Waals surface area (Å²) in [6, 6.07) is 10.00. The highest BCUT2D eigenvalue weighted by molar-refractivity contribution is 5.73. The van der Waals surface area contributed by atoms with Crippen LogP contribution in [0.5, 0.6) is 5.75 Å². The Morgan fingerprint density at radius 1 is 1.25 bits per heavy atom. The maximum absolute atomic E-state index is 11.6. The summed E-state index contributed by atoms with van der Waals surface area (Å²) in [4.78, 5) is 22.5. The number of ether oxygens (including phenoxy) is 1. The molecule has 126 valence electrons. The van der Waals surface area contributed by atoms with E-state index in [1.165, 1.54) is 5.56 Å². The molecule has 1 saturated heterocycles. The van der Waals surface area contributed by atoms with Crippen LogP contribution in [-0.2, 0) is 4.79 Å². The zero-order valence-corrected chi connectivity index (χ0v) is 14.2. The molecular weight excluding hydrogens is 304 g/mol. The summed E-state index contributed by atoms with van der Waals surface area (Å²) in [5.74, 6) is 2.66. The Labute approximate surface area is 141 Å². The van der Waals surface area contributed by atoms with E-state index in [0.29, 0.717) is 0 Å². The van der Waals surface area contributed by atoms with Gasteiger partial charge in [0, 0.05) is 32.1 Å². The number of methoxy groups -OCH3 is 1. The molecule has 1 aliphatic heterocycles. The monoisotopic (exact) mass is 326 g/mol. The Morgan fingerprint density at radius 3 is 2.62 bits per heavy atom. The van der Waals surface area contributed by atoms with Crippen molar-refractivity contribution in [1.82, 2.24) is 15.3 Å².